The average Bonchev–Trinajstić information content (AvgIpc) is 2.60. The molecule has 0 amide bonds. The van der Waals surface area contributed by atoms with Crippen molar-refractivity contribution in [3.8, 4) is 28.7 Å². The van der Waals surface area contributed by atoms with Crippen LogP contribution in [0.25, 0.3) is 11.1 Å². The van der Waals surface area contributed by atoms with E-state index >= 15 is 0 Å². The first-order chi connectivity index (χ1) is 11.3. The van der Waals surface area contributed by atoms with Crippen molar-refractivity contribution >= 4 is 11.4 Å². The predicted octanol–water partition coefficient (Wildman–Crippen LogP) is 3.37. The summed E-state index contributed by atoms with van der Waals surface area (Å²) in [7, 11) is 0. The van der Waals surface area contributed by atoms with E-state index in [0.717, 1.165) is 16.9 Å². The van der Waals surface area contributed by atoms with E-state index in [1.807, 2.05) is 54.6 Å². The van der Waals surface area contributed by atoms with Crippen LogP contribution in [0.15, 0.2) is 54.6 Å². The molecule has 0 aliphatic rings. The zero-order valence-electron chi connectivity index (χ0n) is 12.9. The van der Waals surface area contributed by atoms with Gasteiger partial charge in [-0.15, -0.1) is 5.92 Å². The fraction of sp³-hybridized carbons (Fsp3) is 0.222. The van der Waals surface area contributed by atoms with Crippen LogP contribution >= 0.6 is 0 Å². The lowest BCUT2D eigenvalue weighted by atomic mass is 10.1. The molecule has 0 spiro atoms. The summed E-state index contributed by atoms with van der Waals surface area (Å²) in [6.45, 7) is 2.21. The van der Waals surface area contributed by atoms with Gasteiger partial charge >= 0.3 is 11.4 Å². The number of hydrogen-bond acceptors (Lipinski definition) is 4. The van der Waals surface area contributed by atoms with Crippen LogP contribution in [0.3, 0.4) is 0 Å². The van der Waals surface area contributed by atoms with Crippen molar-refractivity contribution in [2.24, 2.45) is 0 Å². The first-order valence-corrected chi connectivity index (χ1v) is 8.16. The second-order valence-electron chi connectivity index (χ2n) is 4.43. The molecule has 2 aromatic carbocycles. The van der Waals surface area contributed by atoms with Crippen LogP contribution in [0.4, 0.5) is 0 Å². The van der Waals surface area contributed by atoms with Gasteiger partial charge in [0.25, 0.3) is 0 Å². The molecule has 0 fully saturated rings. The highest BCUT2D eigenvalue weighted by Crippen LogP contribution is 2.29. The van der Waals surface area contributed by atoms with Crippen LogP contribution < -0.4 is 4.74 Å². The summed E-state index contributed by atoms with van der Waals surface area (Å²) in [4.78, 5) is 0. The van der Waals surface area contributed by atoms with E-state index < -0.39 is 11.4 Å². The van der Waals surface area contributed by atoms with Crippen molar-refractivity contribution in [2.45, 2.75) is 6.92 Å². The van der Waals surface area contributed by atoms with Gasteiger partial charge in [-0.25, -0.2) is 0 Å². The van der Waals surface area contributed by atoms with Crippen LogP contribution in [0, 0.1) is 11.8 Å². The molecule has 0 heterocycles. The highest BCUT2D eigenvalue weighted by Gasteiger charge is 2.06. The molecule has 2 aromatic rings. The van der Waals surface area contributed by atoms with Crippen LogP contribution in [0.1, 0.15) is 6.92 Å². The standard InChI is InChI=1S/C18H18O4S/c1-2-3-13-21-23(19)22-15-14-20-18-12-8-7-11-17(18)16-9-5-4-6-10-16/h4-12H,13-15H2,1H3. The quantitative estimate of drug-likeness (QED) is 0.550. The smallest absolute Gasteiger partial charge is 0.305 e. The molecule has 4 nitrogen and oxygen atoms in total. The molecule has 2 rings (SSSR count). The van der Waals surface area contributed by atoms with Gasteiger partial charge < -0.3 is 4.74 Å². The van der Waals surface area contributed by atoms with E-state index in [9.17, 15) is 4.21 Å². The van der Waals surface area contributed by atoms with Gasteiger partial charge in [0.05, 0.1) is 0 Å². The zero-order chi connectivity index (χ0) is 16.3. The maximum absolute atomic E-state index is 11.4. The van der Waals surface area contributed by atoms with Crippen molar-refractivity contribution in [1.29, 1.82) is 0 Å². The predicted molar refractivity (Wildman–Crippen MR) is 90.9 cm³/mol. The first kappa shape index (κ1) is 17.2. The van der Waals surface area contributed by atoms with Gasteiger partial charge in [-0.05, 0) is 18.6 Å². The van der Waals surface area contributed by atoms with Crippen molar-refractivity contribution in [3.63, 3.8) is 0 Å². The van der Waals surface area contributed by atoms with Crippen molar-refractivity contribution in [2.75, 3.05) is 19.8 Å². The molecule has 1 unspecified atom stereocenters. The molecule has 5 heteroatoms. The Morgan fingerprint density at radius 1 is 0.957 bits per heavy atom. The number of rotatable bonds is 8. The minimum atomic E-state index is -1.80. The van der Waals surface area contributed by atoms with Gasteiger partial charge in [0, 0.05) is 5.56 Å². The summed E-state index contributed by atoms with van der Waals surface area (Å²) in [5.74, 6) is 6.04. The molecule has 23 heavy (non-hydrogen) atoms. The molecule has 0 bridgehead atoms. The summed E-state index contributed by atoms with van der Waals surface area (Å²) < 4.78 is 26.9. The molecule has 0 saturated carbocycles. The van der Waals surface area contributed by atoms with Gasteiger partial charge in [0.15, 0.2) is 0 Å². The van der Waals surface area contributed by atoms with Crippen molar-refractivity contribution < 1.29 is 17.3 Å². The summed E-state index contributed by atoms with van der Waals surface area (Å²) >= 11 is -1.80. The zero-order valence-corrected chi connectivity index (χ0v) is 13.7. The Morgan fingerprint density at radius 2 is 1.70 bits per heavy atom. The minimum Gasteiger partial charge on any atom is -0.490 e. The molecule has 0 radical (unpaired) electrons. The number of ether oxygens (including phenoxy) is 1. The Morgan fingerprint density at radius 3 is 2.48 bits per heavy atom. The van der Waals surface area contributed by atoms with E-state index in [-0.39, 0.29) is 19.8 Å². The molecule has 0 aliphatic heterocycles. The lowest BCUT2D eigenvalue weighted by molar-refractivity contribution is 0.206. The lowest BCUT2D eigenvalue weighted by Crippen LogP contribution is -2.10. The molecule has 0 aromatic heterocycles. The Bertz CT molecular complexity index is 689. The second-order valence-corrected chi connectivity index (χ2v) is 5.31. The largest absolute Gasteiger partial charge is 0.490 e. The van der Waals surface area contributed by atoms with Crippen LogP contribution in [0.5, 0.6) is 5.75 Å². The van der Waals surface area contributed by atoms with E-state index in [4.69, 9.17) is 13.1 Å². The van der Waals surface area contributed by atoms with Crippen LogP contribution in [-0.4, -0.2) is 24.0 Å². The summed E-state index contributed by atoms with van der Waals surface area (Å²) in [6, 6.07) is 17.7. The van der Waals surface area contributed by atoms with Gasteiger partial charge in [-0.2, -0.15) is 4.21 Å². The number of hydrogen-bond donors (Lipinski definition) is 0. The fourth-order valence-corrected chi connectivity index (χ4v) is 2.31. The van der Waals surface area contributed by atoms with Gasteiger partial charge in [-0.3, -0.25) is 8.37 Å². The Balaban J connectivity index is 1.84. The summed E-state index contributed by atoms with van der Waals surface area (Å²) in [5, 5.41) is 0. The van der Waals surface area contributed by atoms with Gasteiger partial charge in [-0.1, -0.05) is 54.5 Å². The molecular formula is C18H18O4S. The lowest BCUT2D eigenvalue weighted by Gasteiger charge is -2.11. The SMILES string of the molecule is CC#CCOS(=O)OCCOc1ccccc1-c1ccccc1. The molecular weight excluding hydrogens is 312 g/mol. The third-order valence-electron chi connectivity index (χ3n) is 2.90. The topological polar surface area (TPSA) is 44.8 Å². The summed E-state index contributed by atoms with van der Waals surface area (Å²) in [5.41, 5.74) is 2.08. The molecule has 0 saturated heterocycles. The Labute approximate surface area is 139 Å². The first-order valence-electron chi connectivity index (χ1n) is 7.16. The average molecular weight is 330 g/mol. The van der Waals surface area contributed by atoms with Crippen molar-refractivity contribution in [3.05, 3.63) is 54.6 Å². The summed E-state index contributed by atoms with van der Waals surface area (Å²) in [6.07, 6.45) is 0. The van der Waals surface area contributed by atoms with Crippen molar-refractivity contribution in [1.82, 2.24) is 0 Å². The fourth-order valence-electron chi connectivity index (χ4n) is 1.89. The van der Waals surface area contributed by atoms with E-state index in [0.29, 0.717) is 0 Å². The molecule has 0 N–H and O–H groups in total. The monoisotopic (exact) mass is 330 g/mol. The van der Waals surface area contributed by atoms with Gasteiger partial charge in [0.2, 0.25) is 0 Å². The highest BCUT2D eigenvalue weighted by molar-refractivity contribution is 7.75. The normalized spacial score (nSPS) is 11.3. The number of benzene rings is 2. The van der Waals surface area contributed by atoms with E-state index in [1.54, 1.807) is 6.92 Å². The van der Waals surface area contributed by atoms with E-state index in [2.05, 4.69) is 11.8 Å². The van der Waals surface area contributed by atoms with Gasteiger partial charge in [0.1, 0.15) is 25.6 Å². The molecule has 1 atom stereocenters. The maximum Gasteiger partial charge on any atom is 0.305 e. The number of para-hydroxylation sites is 1. The Hall–Kier alpha value is -2.13. The molecule has 120 valence electrons. The second kappa shape index (κ2) is 9.80. The minimum absolute atomic E-state index is 0.0841. The molecule has 0 aliphatic carbocycles. The highest BCUT2D eigenvalue weighted by atomic mass is 32.2. The maximum atomic E-state index is 11.4. The Kier molecular flexibility index (Phi) is 7.34. The van der Waals surface area contributed by atoms with Crippen LogP contribution in [0.2, 0.25) is 0 Å². The third kappa shape index (κ3) is 5.87. The third-order valence-corrected chi connectivity index (χ3v) is 3.57. The van der Waals surface area contributed by atoms with Crippen LogP contribution in [-0.2, 0) is 19.7 Å². The van der Waals surface area contributed by atoms with E-state index in [1.165, 1.54) is 0 Å².